The number of hydrogen-bond donors (Lipinski definition) is 1. The van der Waals surface area contributed by atoms with Crippen LogP contribution in [-0.4, -0.2) is 44.5 Å². The zero-order valence-electron chi connectivity index (χ0n) is 14.1. The summed E-state index contributed by atoms with van der Waals surface area (Å²) in [4.78, 5) is 16.7. The molecule has 1 amide bonds. The number of carbonyl (C=O) groups is 1. The highest BCUT2D eigenvalue weighted by Gasteiger charge is 2.41. The molecule has 0 spiro atoms. The van der Waals surface area contributed by atoms with E-state index in [2.05, 4.69) is 10.3 Å². The minimum Gasteiger partial charge on any atom is -0.347 e. The van der Waals surface area contributed by atoms with E-state index in [0.717, 1.165) is 24.4 Å². The van der Waals surface area contributed by atoms with Gasteiger partial charge in [-0.2, -0.15) is 4.31 Å². The highest BCUT2D eigenvalue weighted by atomic mass is 32.2. The molecule has 0 aromatic carbocycles. The molecule has 3 heterocycles. The van der Waals surface area contributed by atoms with Crippen LogP contribution in [0, 0.1) is 0 Å². The van der Waals surface area contributed by atoms with Gasteiger partial charge in [-0.25, -0.2) is 13.4 Å². The zero-order chi connectivity index (χ0) is 17.6. The summed E-state index contributed by atoms with van der Waals surface area (Å²) in [5.41, 5.74) is 1.33. The van der Waals surface area contributed by atoms with E-state index in [1.54, 1.807) is 14.9 Å². The summed E-state index contributed by atoms with van der Waals surface area (Å²) < 4.78 is 30.0. The summed E-state index contributed by atoms with van der Waals surface area (Å²) in [5, 5.41) is 2.66. The minimum absolute atomic E-state index is 0.156. The van der Waals surface area contributed by atoms with Crippen LogP contribution in [0.25, 0.3) is 0 Å². The van der Waals surface area contributed by atoms with Crippen LogP contribution in [0.2, 0.25) is 0 Å². The number of rotatable bonds is 5. The van der Waals surface area contributed by atoms with Crippen molar-refractivity contribution in [3.63, 3.8) is 0 Å². The Labute approximate surface area is 146 Å². The van der Waals surface area contributed by atoms with E-state index in [9.17, 15) is 13.2 Å². The zero-order valence-corrected chi connectivity index (χ0v) is 14.9. The molecule has 134 valence electrons. The first-order chi connectivity index (χ1) is 11.9. The van der Waals surface area contributed by atoms with E-state index in [1.807, 2.05) is 30.1 Å². The summed E-state index contributed by atoms with van der Waals surface area (Å²) in [5.74, 6) is 0.579. The largest absolute Gasteiger partial charge is 0.347 e. The molecule has 0 bridgehead atoms. The highest BCUT2D eigenvalue weighted by molar-refractivity contribution is 7.90. The Kier molecular flexibility index (Phi) is 3.92. The molecule has 1 aliphatic carbocycles. The number of amides is 1. The second-order valence-corrected chi connectivity index (χ2v) is 8.82. The van der Waals surface area contributed by atoms with Crippen molar-refractivity contribution in [3.8, 4) is 0 Å². The Hall–Kier alpha value is -2.13. The fourth-order valence-electron chi connectivity index (χ4n) is 3.13. The lowest BCUT2D eigenvalue weighted by atomic mass is 10.4. The van der Waals surface area contributed by atoms with Crippen LogP contribution in [0.15, 0.2) is 24.5 Å². The van der Waals surface area contributed by atoms with E-state index < -0.39 is 10.0 Å². The number of nitrogens with zero attached hydrogens (tertiary/aromatic N) is 4. The van der Waals surface area contributed by atoms with Gasteiger partial charge in [-0.3, -0.25) is 4.79 Å². The maximum Gasteiger partial charge on any atom is 0.268 e. The molecule has 0 radical (unpaired) electrons. The molecule has 4 rings (SSSR count). The van der Waals surface area contributed by atoms with Crippen LogP contribution in [0.3, 0.4) is 0 Å². The van der Waals surface area contributed by atoms with Gasteiger partial charge < -0.3 is 14.5 Å². The van der Waals surface area contributed by atoms with E-state index in [-0.39, 0.29) is 11.2 Å². The lowest BCUT2D eigenvalue weighted by molar-refractivity contribution is 0.0942. The van der Waals surface area contributed by atoms with Crippen LogP contribution < -0.4 is 5.32 Å². The number of carbonyl (C=O) groups excluding carboxylic acids is 1. The SMILES string of the molecule is Cn1cccc1C(=O)NCc1cn2c(n1)CN(S(=O)(=O)C1CC1)CC2. The summed E-state index contributed by atoms with van der Waals surface area (Å²) in [6, 6.07) is 3.58. The van der Waals surface area contributed by atoms with Crippen molar-refractivity contribution in [2.75, 3.05) is 6.54 Å². The summed E-state index contributed by atoms with van der Waals surface area (Å²) in [6.45, 7) is 1.71. The first-order valence-electron chi connectivity index (χ1n) is 8.38. The fourth-order valence-corrected chi connectivity index (χ4v) is 4.91. The van der Waals surface area contributed by atoms with Gasteiger partial charge in [-0.05, 0) is 25.0 Å². The van der Waals surface area contributed by atoms with E-state index in [4.69, 9.17) is 0 Å². The van der Waals surface area contributed by atoms with E-state index in [0.29, 0.717) is 31.9 Å². The van der Waals surface area contributed by atoms with Crippen LogP contribution in [0.1, 0.15) is 34.8 Å². The second-order valence-electron chi connectivity index (χ2n) is 6.61. The molecule has 0 unspecified atom stereocenters. The average Bonchev–Trinajstić information content (AvgIpc) is 3.24. The Balaban J connectivity index is 1.42. The molecule has 2 aromatic heterocycles. The predicted molar refractivity (Wildman–Crippen MR) is 91.2 cm³/mol. The molecule has 1 saturated carbocycles. The molecule has 1 aliphatic heterocycles. The lowest BCUT2D eigenvalue weighted by Gasteiger charge is -2.26. The third-order valence-corrected chi connectivity index (χ3v) is 7.07. The van der Waals surface area contributed by atoms with Crippen molar-refractivity contribution >= 4 is 15.9 Å². The number of aryl methyl sites for hydroxylation is 1. The molecule has 1 fully saturated rings. The molecule has 0 saturated heterocycles. The average molecular weight is 363 g/mol. The van der Waals surface area contributed by atoms with E-state index in [1.165, 1.54) is 0 Å². The Morgan fingerprint density at radius 2 is 2.16 bits per heavy atom. The van der Waals surface area contributed by atoms with Crippen LogP contribution >= 0.6 is 0 Å². The summed E-state index contributed by atoms with van der Waals surface area (Å²) in [7, 11) is -1.36. The quantitative estimate of drug-likeness (QED) is 0.836. The molecule has 25 heavy (non-hydrogen) atoms. The van der Waals surface area contributed by atoms with Crippen molar-refractivity contribution in [2.24, 2.45) is 7.05 Å². The monoisotopic (exact) mass is 363 g/mol. The Morgan fingerprint density at radius 3 is 2.84 bits per heavy atom. The molecule has 1 N–H and O–H groups in total. The normalized spacial score (nSPS) is 18.1. The van der Waals surface area contributed by atoms with Gasteiger partial charge in [0.05, 0.1) is 24.0 Å². The number of aromatic nitrogens is 3. The first kappa shape index (κ1) is 16.3. The predicted octanol–water partition coefficient (Wildman–Crippen LogP) is 0.459. The molecule has 8 nitrogen and oxygen atoms in total. The Bertz CT molecular complexity index is 910. The number of nitrogens with one attached hydrogen (secondary N) is 1. The van der Waals surface area contributed by atoms with Gasteiger partial charge in [0.15, 0.2) is 0 Å². The topological polar surface area (TPSA) is 89.2 Å². The van der Waals surface area contributed by atoms with Gasteiger partial charge in [0.1, 0.15) is 11.5 Å². The van der Waals surface area contributed by atoms with Gasteiger partial charge in [-0.15, -0.1) is 0 Å². The molecular formula is C16H21N5O3S. The third kappa shape index (κ3) is 3.09. The number of hydrogen-bond acceptors (Lipinski definition) is 4. The van der Waals surface area contributed by atoms with Crippen LogP contribution in [0.4, 0.5) is 0 Å². The van der Waals surface area contributed by atoms with Gasteiger partial charge in [-0.1, -0.05) is 0 Å². The number of imidazole rings is 1. The fraction of sp³-hybridized carbons (Fsp3) is 0.500. The number of fused-ring (bicyclic) bond motifs is 1. The molecule has 0 atom stereocenters. The van der Waals surface area contributed by atoms with Crippen molar-refractivity contribution in [1.82, 2.24) is 23.7 Å². The lowest BCUT2D eigenvalue weighted by Crippen LogP contribution is -2.39. The van der Waals surface area contributed by atoms with Gasteiger partial charge >= 0.3 is 0 Å². The Morgan fingerprint density at radius 1 is 1.36 bits per heavy atom. The van der Waals surface area contributed by atoms with Crippen molar-refractivity contribution < 1.29 is 13.2 Å². The van der Waals surface area contributed by atoms with Gasteiger partial charge in [0, 0.05) is 32.5 Å². The smallest absolute Gasteiger partial charge is 0.268 e. The molecule has 2 aromatic rings. The minimum atomic E-state index is -3.17. The van der Waals surface area contributed by atoms with Crippen molar-refractivity contribution in [2.45, 2.75) is 37.7 Å². The van der Waals surface area contributed by atoms with Crippen molar-refractivity contribution in [1.29, 1.82) is 0 Å². The number of sulfonamides is 1. The molecule has 9 heteroatoms. The summed E-state index contributed by atoms with van der Waals surface area (Å²) >= 11 is 0. The van der Waals surface area contributed by atoms with Crippen LogP contribution in [-0.2, 0) is 36.7 Å². The molecular weight excluding hydrogens is 342 g/mol. The standard InChI is InChI=1S/C16H21N5O3S/c1-19-6-2-3-14(19)16(22)17-9-12-10-20-7-8-21(11-15(20)18-12)25(23,24)13-4-5-13/h2-3,6,10,13H,4-5,7-9,11H2,1H3,(H,17,22). The van der Waals surface area contributed by atoms with E-state index >= 15 is 0 Å². The van der Waals surface area contributed by atoms with Gasteiger partial charge in [0.25, 0.3) is 5.91 Å². The first-order valence-corrected chi connectivity index (χ1v) is 9.89. The van der Waals surface area contributed by atoms with Crippen LogP contribution in [0.5, 0.6) is 0 Å². The maximum atomic E-state index is 12.4. The molecule has 2 aliphatic rings. The highest BCUT2D eigenvalue weighted by Crippen LogP contribution is 2.32. The third-order valence-electron chi connectivity index (χ3n) is 4.73. The second kappa shape index (κ2) is 5.99. The summed E-state index contributed by atoms with van der Waals surface area (Å²) in [6.07, 6.45) is 5.24. The maximum absolute atomic E-state index is 12.4. The van der Waals surface area contributed by atoms with Gasteiger partial charge in [0.2, 0.25) is 10.0 Å². The van der Waals surface area contributed by atoms with Crippen molar-refractivity contribution in [3.05, 3.63) is 41.7 Å².